The Bertz CT molecular complexity index is 679. The van der Waals surface area contributed by atoms with E-state index in [1.807, 2.05) is 6.07 Å². The zero-order chi connectivity index (χ0) is 15.0. The van der Waals surface area contributed by atoms with Gasteiger partial charge in [0.25, 0.3) is 0 Å². The maximum absolute atomic E-state index is 13.6. The van der Waals surface area contributed by atoms with Gasteiger partial charge in [0.2, 0.25) is 0 Å². The first kappa shape index (κ1) is 13.9. The molecule has 3 rings (SSSR count). The molecule has 0 spiro atoms. The van der Waals surface area contributed by atoms with E-state index >= 15 is 0 Å². The van der Waals surface area contributed by atoms with Crippen LogP contribution in [-0.2, 0) is 13.0 Å². The van der Waals surface area contributed by atoms with Crippen LogP contribution in [0.15, 0.2) is 36.4 Å². The fourth-order valence-electron chi connectivity index (χ4n) is 2.81. The van der Waals surface area contributed by atoms with E-state index in [1.165, 1.54) is 11.6 Å². The summed E-state index contributed by atoms with van der Waals surface area (Å²) in [5.41, 5.74) is 3.68. The van der Waals surface area contributed by atoms with Crippen molar-refractivity contribution in [3.05, 3.63) is 58.9 Å². The predicted molar refractivity (Wildman–Crippen MR) is 83.3 cm³/mol. The molecule has 21 heavy (non-hydrogen) atoms. The summed E-state index contributed by atoms with van der Waals surface area (Å²) in [7, 11) is 0. The average molecular weight is 285 g/mol. The lowest BCUT2D eigenvalue weighted by Gasteiger charge is -2.18. The highest BCUT2D eigenvalue weighted by atomic mass is 19.1. The minimum atomic E-state index is -0.185. The zero-order valence-corrected chi connectivity index (χ0v) is 12.7. The normalized spacial score (nSPS) is 15.4. The number of fused-ring (bicyclic) bond motifs is 1. The zero-order valence-electron chi connectivity index (χ0n) is 12.7. The molecule has 3 heteroatoms. The number of halogens is 1. The Morgan fingerprint density at radius 2 is 1.95 bits per heavy atom. The van der Waals surface area contributed by atoms with E-state index in [4.69, 9.17) is 4.74 Å². The summed E-state index contributed by atoms with van der Waals surface area (Å²) in [6.45, 7) is 6.61. The number of para-hydroxylation sites is 1. The molecule has 0 amide bonds. The van der Waals surface area contributed by atoms with Gasteiger partial charge in [0.15, 0.2) is 0 Å². The maximum Gasteiger partial charge on any atom is 0.128 e. The lowest BCUT2D eigenvalue weighted by Crippen LogP contribution is -2.25. The summed E-state index contributed by atoms with van der Waals surface area (Å²) in [4.78, 5) is 0. The molecule has 2 aromatic carbocycles. The third kappa shape index (κ3) is 2.73. The van der Waals surface area contributed by atoms with E-state index in [2.05, 4.69) is 37.4 Å². The standard InChI is InChI=1S/C18H20FNO/c1-12-15(19)8-5-9-16(12)20-11-14-7-4-6-13-10-18(2,3)21-17(13)14/h4-9,20H,10-11H2,1-3H3. The Morgan fingerprint density at radius 3 is 2.76 bits per heavy atom. The molecular weight excluding hydrogens is 265 g/mol. The van der Waals surface area contributed by atoms with Crippen molar-refractivity contribution in [2.45, 2.75) is 39.3 Å². The summed E-state index contributed by atoms with van der Waals surface area (Å²) in [5.74, 6) is 0.791. The van der Waals surface area contributed by atoms with Gasteiger partial charge in [-0.1, -0.05) is 24.3 Å². The fraction of sp³-hybridized carbons (Fsp3) is 0.333. The number of ether oxygens (including phenoxy) is 1. The molecule has 1 aliphatic heterocycles. The minimum absolute atomic E-state index is 0.146. The summed E-state index contributed by atoms with van der Waals surface area (Å²) < 4.78 is 19.6. The van der Waals surface area contributed by atoms with E-state index in [0.29, 0.717) is 12.1 Å². The first-order chi connectivity index (χ1) is 9.96. The molecule has 0 fully saturated rings. The lowest BCUT2D eigenvalue weighted by molar-refractivity contribution is 0.137. The van der Waals surface area contributed by atoms with Gasteiger partial charge >= 0.3 is 0 Å². The van der Waals surface area contributed by atoms with Crippen LogP contribution in [0.2, 0.25) is 0 Å². The van der Waals surface area contributed by atoms with Gasteiger partial charge in [-0.05, 0) is 38.5 Å². The second kappa shape index (κ2) is 5.06. The first-order valence-electron chi connectivity index (χ1n) is 7.25. The summed E-state index contributed by atoms with van der Waals surface area (Å²) in [6.07, 6.45) is 0.926. The van der Waals surface area contributed by atoms with Crippen LogP contribution in [0.25, 0.3) is 0 Å². The average Bonchev–Trinajstić information content (AvgIpc) is 2.75. The molecule has 2 aromatic rings. The minimum Gasteiger partial charge on any atom is -0.487 e. The summed E-state index contributed by atoms with van der Waals surface area (Å²) in [6, 6.07) is 11.3. The molecule has 1 N–H and O–H groups in total. The molecule has 0 saturated heterocycles. The maximum atomic E-state index is 13.6. The van der Waals surface area contributed by atoms with Gasteiger partial charge in [-0.25, -0.2) is 4.39 Å². The molecule has 0 aromatic heterocycles. The molecule has 1 aliphatic rings. The van der Waals surface area contributed by atoms with Crippen LogP contribution in [0.3, 0.4) is 0 Å². The molecule has 0 atom stereocenters. The first-order valence-corrected chi connectivity index (χ1v) is 7.25. The highest BCUT2D eigenvalue weighted by Crippen LogP contribution is 2.37. The fourth-order valence-corrected chi connectivity index (χ4v) is 2.81. The number of benzene rings is 2. The van der Waals surface area contributed by atoms with Crippen molar-refractivity contribution in [3.63, 3.8) is 0 Å². The number of hydrogen-bond donors (Lipinski definition) is 1. The Balaban J connectivity index is 1.82. The van der Waals surface area contributed by atoms with Crippen LogP contribution in [-0.4, -0.2) is 5.60 Å². The molecule has 1 heterocycles. The largest absolute Gasteiger partial charge is 0.487 e. The van der Waals surface area contributed by atoms with Gasteiger partial charge in [0.05, 0.1) is 0 Å². The third-order valence-corrected chi connectivity index (χ3v) is 3.91. The van der Waals surface area contributed by atoms with Gasteiger partial charge in [0, 0.05) is 29.8 Å². The van der Waals surface area contributed by atoms with Crippen molar-refractivity contribution >= 4 is 5.69 Å². The summed E-state index contributed by atoms with van der Waals surface area (Å²) in [5, 5.41) is 3.31. The van der Waals surface area contributed by atoms with Gasteiger partial charge in [-0.2, -0.15) is 0 Å². The topological polar surface area (TPSA) is 21.3 Å². The van der Waals surface area contributed by atoms with Crippen LogP contribution >= 0.6 is 0 Å². The number of hydrogen-bond acceptors (Lipinski definition) is 2. The second-order valence-corrected chi connectivity index (χ2v) is 6.21. The molecule has 0 unspecified atom stereocenters. The molecule has 0 bridgehead atoms. The quantitative estimate of drug-likeness (QED) is 0.899. The monoisotopic (exact) mass is 285 g/mol. The van der Waals surface area contributed by atoms with Crippen LogP contribution in [0.4, 0.5) is 10.1 Å². The molecule has 110 valence electrons. The van der Waals surface area contributed by atoms with E-state index in [0.717, 1.165) is 23.4 Å². The van der Waals surface area contributed by atoms with Crippen molar-refractivity contribution in [2.24, 2.45) is 0 Å². The number of rotatable bonds is 3. The SMILES string of the molecule is Cc1c(F)cccc1NCc1cccc2c1OC(C)(C)C2. The molecule has 0 radical (unpaired) electrons. The number of anilines is 1. The molecule has 0 aliphatic carbocycles. The highest BCUT2D eigenvalue weighted by Gasteiger charge is 2.31. The van der Waals surface area contributed by atoms with E-state index in [9.17, 15) is 4.39 Å². The lowest BCUT2D eigenvalue weighted by atomic mass is 10.0. The van der Waals surface area contributed by atoms with Crippen LogP contribution < -0.4 is 10.1 Å². The van der Waals surface area contributed by atoms with Gasteiger partial charge in [-0.15, -0.1) is 0 Å². The van der Waals surface area contributed by atoms with Gasteiger partial charge in [-0.3, -0.25) is 0 Å². The van der Waals surface area contributed by atoms with Crippen LogP contribution in [0.1, 0.15) is 30.5 Å². The van der Waals surface area contributed by atoms with Crippen molar-refractivity contribution in [1.82, 2.24) is 0 Å². The molecule has 0 saturated carbocycles. The van der Waals surface area contributed by atoms with Gasteiger partial charge in [0.1, 0.15) is 17.2 Å². The summed E-state index contributed by atoms with van der Waals surface area (Å²) >= 11 is 0. The van der Waals surface area contributed by atoms with Crippen molar-refractivity contribution < 1.29 is 9.13 Å². The third-order valence-electron chi connectivity index (χ3n) is 3.91. The van der Waals surface area contributed by atoms with E-state index < -0.39 is 0 Å². The van der Waals surface area contributed by atoms with E-state index in [1.54, 1.807) is 13.0 Å². The van der Waals surface area contributed by atoms with Crippen molar-refractivity contribution in [3.8, 4) is 5.75 Å². The Morgan fingerprint density at radius 1 is 1.19 bits per heavy atom. The molecular formula is C18H20FNO. The Labute approximate surface area is 125 Å². The highest BCUT2D eigenvalue weighted by molar-refractivity contribution is 5.53. The van der Waals surface area contributed by atoms with E-state index in [-0.39, 0.29) is 11.4 Å². The van der Waals surface area contributed by atoms with Crippen LogP contribution in [0.5, 0.6) is 5.75 Å². The Kier molecular flexibility index (Phi) is 3.36. The van der Waals surface area contributed by atoms with Crippen molar-refractivity contribution in [2.75, 3.05) is 5.32 Å². The van der Waals surface area contributed by atoms with Crippen molar-refractivity contribution in [1.29, 1.82) is 0 Å². The smallest absolute Gasteiger partial charge is 0.128 e. The van der Waals surface area contributed by atoms with Gasteiger partial charge < -0.3 is 10.1 Å². The van der Waals surface area contributed by atoms with Crippen LogP contribution in [0, 0.1) is 12.7 Å². The Hall–Kier alpha value is -2.03. The molecule has 2 nitrogen and oxygen atoms in total. The predicted octanol–water partition coefficient (Wildman–Crippen LogP) is 4.46. The second-order valence-electron chi connectivity index (χ2n) is 6.21. The number of nitrogens with one attached hydrogen (secondary N) is 1.